The van der Waals surface area contributed by atoms with Crippen molar-refractivity contribution >= 4 is 56.8 Å². The second-order valence-electron chi connectivity index (χ2n) is 8.91. The molecule has 0 N–H and O–H groups in total. The van der Waals surface area contributed by atoms with Crippen molar-refractivity contribution in [3.63, 3.8) is 0 Å². The van der Waals surface area contributed by atoms with Crippen LogP contribution in [0.2, 0.25) is 0 Å². The van der Waals surface area contributed by atoms with E-state index in [-0.39, 0.29) is 6.71 Å². The van der Waals surface area contributed by atoms with Crippen LogP contribution >= 0.6 is 11.8 Å². The molecule has 0 saturated carbocycles. The average Bonchev–Trinajstić information content (AvgIpc) is 3.39. The maximum atomic E-state index is 6.64. The minimum atomic E-state index is 0.155. The summed E-state index contributed by atoms with van der Waals surface area (Å²) in [5, 5.41) is 3.70. The van der Waals surface area contributed by atoms with Gasteiger partial charge in [-0.2, -0.15) is 0 Å². The van der Waals surface area contributed by atoms with E-state index in [1.54, 1.807) is 0 Å². The summed E-state index contributed by atoms with van der Waals surface area (Å²) in [6.45, 7) is 0.155. The Morgan fingerprint density at radius 1 is 0.636 bits per heavy atom. The number of hydrogen-bond acceptors (Lipinski definition) is 2. The molecule has 0 amide bonds. The van der Waals surface area contributed by atoms with Crippen LogP contribution in [0.4, 0.5) is 0 Å². The molecule has 0 unspecified atom stereocenters. The minimum Gasteiger partial charge on any atom is -0.469 e. The molecular weight excluding hydrogens is 419 g/mol. The van der Waals surface area contributed by atoms with E-state index in [4.69, 9.17) is 4.42 Å². The van der Waals surface area contributed by atoms with Gasteiger partial charge in [0.1, 0.15) is 5.58 Å². The summed E-state index contributed by atoms with van der Waals surface area (Å²) in [7, 11) is 0. The van der Waals surface area contributed by atoms with Crippen molar-refractivity contribution in [3.8, 4) is 22.3 Å². The third kappa shape index (κ3) is 2.40. The highest BCUT2D eigenvalue weighted by atomic mass is 32.2. The number of hydrogen-bond donors (Lipinski definition) is 0. The smallest absolute Gasteiger partial charge is 0.291 e. The summed E-state index contributed by atoms with van der Waals surface area (Å²) in [6, 6.07) is 37.3. The lowest BCUT2D eigenvalue weighted by molar-refractivity contribution is 0.646. The Labute approximate surface area is 196 Å². The summed E-state index contributed by atoms with van der Waals surface area (Å²) in [4.78, 5) is 2.61. The fourth-order valence-corrected chi connectivity index (χ4v) is 6.86. The number of rotatable bonds is 1. The van der Waals surface area contributed by atoms with E-state index in [1.165, 1.54) is 59.1 Å². The second kappa shape index (κ2) is 6.43. The standard InChI is InChI=1S/C30H17BOS/c1-2-7-18(8-3-1)21-13-14-25-23(15-21)22-11-6-12-27-28(22)31(25)30-29(33-27)24-16-19-9-4-5-10-20(19)17-26(24)32-30/h1-17H. The van der Waals surface area contributed by atoms with E-state index in [0.717, 1.165) is 11.2 Å². The summed E-state index contributed by atoms with van der Waals surface area (Å²) in [5.74, 6) is 0. The summed E-state index contributed by atoms with van der Waals surface area (Å²) >= 11 is 1.86. The molecule has 5 aromatic carbocycles. The molecule has 2 aliphatic rings. The first-order valence-corrected chi connectivity index (χ1v) is 12.1. The Balaban J connectivity index is 1.40. The van der Waals surface area contributed by atoms with Gasteiger partial charge < -0.3 is 4.42 Å². The van der Waals surface area contributed by atoms with Gasteiger partial charge in [-0.15, -0.1) is 0 Å². The largest absolute Gasteiger partial charge is 0.469 e. The third-order valence-electron chi connectivity index (χ3n) is 7.13. The van der Waals surface area contributed by atoms with Gasteiger partial charge >= 0.3 is 0 Å². The molecule has 33 heavy (non-hydrogen) atoms. The number of fused-ring (bicyclic) bond motifs is 8. The zero-order valence-electron chi connectivity index (χ0n) is 17.7. The molecule has 152 valence electrons. The van der Waals surface area contributed by atoms with Crippen molar-refractivity contribution in [3.05, 3.63) is 103 Å². The van der Waals surface area contributed by atoms with Crippen molar-refractivity contribution in [2.75, 3.05) is 0 Å². The lowest BCUT2D eigenvalue weighted by atomic mass is 9.41. The molecule has 2 aliphatic heterocycles. The first kappa shape index (κ1) is 17.8. The Morgan fingerprint density at radius 2 is 1.45 bits per heavy atom. The summed E-state index contributed by atoms with van der Waals surface area (Å²) < 4.78 is 6.64. The van der Waals surface area contributed by atoms with Crippen LogP contribution in [-0.2, 0) is 0 Å². The zero-order chi connectivity index (χ0) is 21.5. The van der Waals surface area contributed by atoms with Crippen LogP contribution in [0.5, 0.6) is 0 Å². The maximum absolute atomic E-state index is 6.64. The van der Waals surface area contributed by atoms with Gasteiger partial charge in [0, 0.05) is 10.3 Å². The molecule has 8 rings (SSSR count). The van der Waals surface area contributed by atoms with Crippen LogP contribution in [-0.4, -0.2) is 6.71 Å². The van der Waals surface area contributed by atoms with Gasteiger partial charge in [-0.3, -0.25) is 0 Å². The second-order valence-corrected chi connectivity index (χ2v) is 9.96. The third-order valence-corrected chi connectivity index (χ3v) is 8.33. The van der Waals surface area contributed by atoms with Crippen LogP contribution in [0.1, 0.15) is 0 Å². The van der Waals surface area contributed by atoms with Crippen molar-refractivity contribution < 1.29 is 4.42 Å². The minimum absolute atomic E-state index is 0.155. The van der Waals surface area contributed by atoms with Crippen LogP contribution in [0.25, 0.3) is 44.0 Å². The van der Waals surface area contributed by atoms with Crippen molar-refractivity contribution in [1.82, 2.24) is 0 Å². The molecule has 0 saturated heterocycles. The topological polar surface area (TPSA) is 13.1 Å². The van der Waals surface area contributed by atoms with Gasteiger partial charge in [0.15, 0.2) is 0 Å². The van der Waals surface area contributed by atoms with E-state index < -0.39 is 0 Å². The van der Waals surface area contributed by atoms with Gasteiger partial charge in [0.05, 0.1) is 10.6 Å². The molecule has 0 fully saturated rings. The van der Waals surface area contributed by atoms with E-state index in [1.807, 2.05) is 11.8 Å². The summed E-state index contributed by atoms with van der Waals surface area (Å²) in [6.07, 6.45) is 0. The van der Waals surface area contributed by atoms with Crippen molar-refractivity contribution in [2.45, 2.75) is 9.79 Å². The zero-order valence-corrected chi connectivity index (χ0v) is 18.5. The molecule has 0 spiro atoms. The van der Waals surface area contributed by atoms with Crippen LogP contribution in [0.15, 0.2) is 117 Å². The van der Waals surface area contributed by atoms with Gasteiger partial charge in [-0.25, -0.2) is 0 Å². The predicted molar refractivity (Wildman–Crippen MR) is 140 cm³/mol. The van der Waals surface area contributed by atoms with Gasteiger partial charge in [-0.1, -0.05) is 96.1 Å². The van der Waals surface area contributed by atoms with E-state index in [9.17, 15) is 0 Å². The van der Waals surface area contributed by atoms with E-state index in [0.29, 0.717) is 0 Å². The van der Waals surface area contributed by atoms with Crippen molar-refractivity contribution in [1.29, 1.82) is 0 Å². The SMILES string of the molecule is c1ccc(-c2ccc3c(c2)-c2cccc4c2B3c2oc3cc5ccccc5cc3c2S4)cc1. The highest BCUT2D eigenvalue weighted by Gasteiger charge is 2.43. The Morgan fingerprint density at radius 3 is 2.33 bits per heavy atom. The first-order chi connectivity index (χ1) is 16.3. The van der Waals surface area contributed by atoms with Gasteiger partial charge in [0.2, 0.25) is 0 Å². The highest BCUT2D eigenvalue weighted by Crippen LogP contribution is 2.42. The normalized spacial score (nSPS) is 13.3. The monoisotopic (exact) mass is 436 g/mol. The summed E-state index contributed by atoms with van der Waals surface area (Å²) in [5.41, 5.74) is 10.0. The number of benzene rings is 5. The average molecular weight is 436 g/mol. The Hall–Kier alpha value is -3.69. The van der Waals surface area contributed by atoms with Gasteiger partial charge in [-0.05, 0) is 62.8 Å². The van der Waals surface area contributed by atoms with Crippen LogP contribution in [0, 0.1) is 0 Å². The van der Waals surface area contributed by atoms with Gasteiger partial charge in [0.25, 0.3) is 6.71 Å². The first-order valence-electron chi connectivity index (χ1n) is 11.3. The molecule has 6 aromatic rings. The van der Waals surface area contributed by atoms with Crippen LogP contribution in [0.3, 0.4) is 0 Å². The Bertz CT molecular complexity index is 1750. The Kier molecular flexibility index (Phi) is 3.47. The highest BCUT2D eigenvalue weighted by molar-refractivity contribution is 8.00. The quantitative estimate of drug-likeness (QED) is 0.284. The fourth-order valence-electron chi connectivity index (χ4n) is 5.63. The molecule has 3 heterocycles. The van der Waals surface area contributed by atoms with Crippen molar-refractivity contribution in [2.24, 2.45) is 0 Å². The van der Waals surface area contributed by atoms with E-state index >= 15 is 0 Å². The molecule has 0 aliphatic carbocycles. The molecule has 0 radical (unpaired) electrons. The number of furan rings is 1. The van der Waals surface area contributed by atoms with E-state index in [2.05, 4.69) is 103 Å². The molecule has 1 aromatic heterocycles. The molecule has 3 heteroatoms. The lowest BCUT2D eigenvalue weighted by Crippen LogP contribution is -2.51. The fraction of sp³-hybridized carbons (Fsp3) is 0. The predicted octanol–water partition coefficient (Wildman–Crippen LogP) is 6.21. The maximum Gasteiger partial charge on any atom is 0.291 e. The molecular formula is C30H17BOS. The lowest BCUT2D eigenvalue weighted by Gasteiger charge is -2.19. The molecule has 0 bridgehead atoms. The molecule has 0 atom stereocenters. The molecule has 1 nitrogen and oxygen atoms in total. The van der Waals surface area contributed by atoms with Crippen LogP contribution < -0.4 is 16.6 Å².